The number of hydrogen-bond donors (Lipinski definition) is 1. The highest BCUT2D eigenvalue weighted by Gasteiger charge is 2.08. The second-order valence-corrected chi connectivity index (χ2v) is 5.27. The fourth-order valence-corrected chi connectivity index (χ4v) is 2.34. The molecule has 0 aliphatic carbocycles. The number of carbonyl (C=O) groups is 1. The Kier molecular flexibility index (Phi) is 5.53. The molecule has 0 amide bonds. The van der Waals surface area contributed by atoms with Crippen LogP contribution in [0.2, 0.25) is 0 Å². The fourth-order valence-electron chi connectivity index (χ4n) is 2.34. The summed E-state index contributed by atoms with van der Waals surface area (Å²) in [6.07, 6.45) is 6.01. The Morgan fingerprint density at radius 1 is 1.36 bits per heavy atom. The third-order valence-corrected chi connectivity index (χ3v) is 3.53. The van der Waals surface area contributed by atoms with Crippen molar-refractivity contribution in [3.05, 3.63) is 59.3 Å². The Morgan fingerprint density at radius 2 is 2.18 bits per heavy atom. The van der Waals surface area contributed by atoms with Crippen LogP contribution in [0, 0.1) is 6.92 Å². The highest BCUT2D eigenvalue weighted by molar-refractivity contribution is 6.09. The lowest BCUT2D eigenvalue weighted by atomic mass is 9.98. The summed E-state index contributed by atoms with van der Waals surface area (Å²) >= 11 is 0. The molecule has 0 radical (unpaired) electrons. The topological polar surface area (TPSA) is 50.7 Å². The lowest BCUT2D eigenvalue weighted by molar-refractivity contribution is -0.143. The van der Waals surface area contributed by atoms with Crippen LogP contribution in [0.5, 0.6) is 0 Å². The first-order valence-corrected chi connectivity index (χ1v) is 7.56. The highest BCUT2D eigenvalue weighted by Crippen LogP contribution is 2.16. The molecule has 1 N–H and O–H groups in total. The molecule has 0 saturated heterocycles. The molecule has 1 aromatic carbocycles. The summed E-state index contributed by atoms with van der Waals surface area (Å²) in [6.45, 7) is 8.15. The van der Waals surface area contributed by atoms with Crippen LogP contribution in [0.15, 0.2) is 47.7 Å². The van der Waals surface area contributed by atoms with Gasteiger partial charge < -0.3 is 4.74 Å². The van der Waals surface area contributed by atoms with Crippen LogP contribution < -0.4 is 5.43 Å². The molecule has 0 bridgehead atoms. The molecule has 22 heavy (non-hydrogen) atoms. The van der Waals surface area contributed by atoms with E-state index in [1.165, 1.54) is 11.1 Å². The van der Waals surface area contributed by atoms with Crippen molar-refractivity contribution in [3.63, 3.8) is 0 Å². The number of esters is 1. The van der Waals surface area contributed by atoms with E-state index in [9.17, 15) is 4.79 Å². The van der Waals surface area contributed by atoms with Crippen LogP contribution in [0.3, 0.4) is 0 Å². The minimum absolute atomic E-state index is 0.121. The quantitative estimate of drug-likeness (QED) is 0.820. The highest BCUT2D eigenvalue weighted by atomic mass is 16.5. The molecule has 1 aliphatic heterocycles. The van der Waals surface area contributed by atoms with Crippen LogP contribution in [0.1, 0.15) is 36.5 Å². The van der Waals surface area contributed by atoms with Gasteiger partial charge >= 0.3 is 5.97 Å². The predicted molar refractivity (Wildman–Crippen MR) is 88.7 cm³/mol. The summed E-state index contributed by atoms with van der Waals surface area (Å²) in [4.78, 5) is 11.3. The second-order valence-electron chi connectivity index (χ2n) is 5.27. The summed E-state index contributed by atoms with van der Waals surface area (Å²) in [7, 11) is 0. The Bertz CT molecular complexity index is 630. The maximum atomic E-state index is 11.3. The summed E-state index contributed by atoms with van der Waals surface area (Å²) < 4.78 is 4.94. The van der Waals surface area contributed by atoms with Gasteiger partial charge in [0.1, 0.15) is 0 Å². The van der Waals surface area contributed by atoms with Gasteiger partial charge in [-0.3, -0.25) is 10.2 Å². The molecular formula is C18H22N2O2. The lowest BCUT2D eigenvalue weighted by Crippen LogP contribution is -2.13. The Morgan fingerprint density at radius 3 is 2.82 bits per heavy atom. The standard InChI is InChI=1S/C18H22N2O2/c1-4-22-18(21)7-5-6-15-9-10-16(12-13(15)2)17-11-8-14(3)19-20-17/h8-12,19H,3-7H2,1-2H3. The minimum Gasteiger partial charge on any atom is -0.466 e. The molecule has 2 rings (SSSR count). The Labute approximate surface area is 131 Å². The molecule has 0 spiro atoms. The minimum atomic E-state index is -0.121. The summed E-state index contributed by atoms with van der Waals surface area (Å²) in [5, 5.41) is 4.28. The number of hydrogen-bond acceptors (Lipinski definition) is 4. The van der Waals surface area contributed by atoms with Crippen molar-refractivity contribution >= 4 is 11.7 Å². The van der Waals surface area contributed by atoms with Crippen LogP contribution in [-0.2, 0) is 16.0 Å². The average molecular weight is 298 g/mol. The van der Waals surface area contributed by atoms with Crippen molar-refractivity contribution in [2.45, 2.75) is 33.1 Å². The van der Waals surface area contributed by atoms with E-state index in [0.717, 1.165) is 29.8 Å². The van der Waals surface area contributed by atoms with Gasteiger partial charge in [-0.15, -0.1) is 0 Å². The van der Waals surface area contributed by atoms with Crippen molar-refractivity contribution in [1.82, 2.24) is 5.43 Å². The molecule has 1 aromatic rings. The predicted octanol–water partition coefficient (Wildman–Crippen LogP) is 3.26. The number of nitrogens with zero attached hydrogens (tertiary/aromatic N) is 1. The van der Waals surface area contributed by atoms with Crippen molar-refractivity contribution in [3.8, 4) is 0 Å². The van der Waals surface area contributed by atoms with E-state index >= 15 is 0 Å². The van der Waals surface area contributed by atoms with E-state index in [1.807, 2.05) is 19.1 Å². The number of aryl methyl sites for hydroxylation is 2. The maximum absolute atomic E-state index is 11.3. The maximum Gasteiger partial charge on any atom is 0.305 e. The first-order chi connectivity index (χ1) is 10.6. The van der Waals surface area contributed by atoms with Crippen LogP contribution in [0.25, 0.3) is 0 Å². The van der Waals surface area contributed by atoms with Gasteiger partial charge in [-0.05, 0) is 56.0 Å². The first-order valence-electron chi connectivity index (χ1n) is 7.56. The number of nitrogens with one attached hydrogen (secondary N) is 1. The third-order valence-electron chi connectivity index (χ3n) is 3.53. The Hall–Kier alpha value is -2.36. The molecule has 4 heteroatoms. The molecule has 0 saturated carbocycles. The lowest BCUT2D eigenvalue weighted by Gasteiger charge is -2.12. The van der Waals surface area contributed by atoms with E-state index < -0.39 is 0 Å². The first kappa shape index (κ1) is 16.0. The third kappa shape index (κ3) is 4.32. The van der Waals surface area contributed by atoms with Gasteiger partial charge in [-0.1, -0.05) is 18.7 Å². The van der Waals surface area contributed by atoms with Crippen molar-refractivity contribution in [1.29, 1.82) is 0 Å². The molecular weight excluding hydrogens is 276 g/mol. The molecule has 0 aromatic heterocycles. The zero-order chi connectivity index (χ0) is 15.9. The van der Waals surface area contributed by atoms with E-state index in [4.69, 9.17) is 4.74 Å². The summed E-state index contributed by atoms with van der Waals surface area (Å²) in [5.41, 5.74) is 8.10. The molecule has 0 fully saturated rings. The average Bonchev–Trinajstić information content (AvgIpc) is 2.50. The second kappa shape index (κ2) is 7.59. The van der Waals surface area contributed by atoms with Crippen LogP contribution in [0.4, 0.5) is 0 Å². The summed E-state index contributed by atoms with van der Waals surface area (Å²) in [5.74, 6) is -0.121. The zero-order valence-electron chi connectivity index (χ0n) is 13.2. The molecule has 1 aliphatic rings. The SMILES string of the molecule is C=C1C=CC(c2ccc(CCCC(=O)OCC)c(C)c2)=NN1. The smallest absolute Gasteiger partial charge is 0.305 e. The van der Waals surface area contributed by atoms with E-state index in [0.29, 0.717) is 13.0 Å². The van der Waals surface area contributed by atoms with Crippen LogP contribution in [-0.4, -0.2) is 18.3 Å². The molecule has 1 heterocycles. The molecule has 0 unspecified atom stereocenters. The van der Waals surface area contributed by atoms with Gasteiger partial charge in [0.05, 0.1) is 12.3 Å². The fraction of sp³-hybridized carbons (Fsp3) is 0.333. The number of rotatable bonds is 6. The summed E-state index contributed by atoms with van der Waals surface area (Å²) in [6, 6.07) is 6.29. The van der Waals surface area contributed by atoms with Gasteiger partial charge in [0, 0.05) is 17.7 Å². The van der Waals surface area contributed by atoms with Crippen molar-refractivity contribution < 1.29 is 9.53 Å². The monoisotopic (exact) mass is 298 g/mol. The Balaban J connectivity index is 1.97. The molecule has 0 atom stereocenters. The van der Waals surface area contributed by atoms with E-state index in [-0.39, 0.29) is 5.97 Å². The van der Waals surface area contributed by atoms with Gasteiger partial charge in [-0.25, -0.2) is 0 Å². The number of carbonyl (C=O) groups excluding carboxylic acids is 1. The van der Waals surface area contributed by atoms with Gasteiger partial charge in [-0.2, -0.15) is 5.10 Å². The number of ether oxygens (including phenoxy) is 1. The van der Waals surface area contributed by atoms with E-state index in [1.54, 1.807) is 0 Å². The van der Waals surface area contributed by atoms with Gasteiger partial charge in [0.15, 0.2) is 0 Å². The largest absolute Gasteiger partial charge is 0.466 e. The molecule has 116 valence electrons. The molecule has 4 nitrogen and oxygen atoms in total. The zero-order valence-corrected chi connectivity index (χ0v) is 13.2. The normalized spacial score (nSPS) is 13.5. The van der Waals surface area contributed by atoms with Crippen molar-refractivity contribution in [2.75, 3.05) is 6.61 Å². The van der Waals surface area contributed by atoms with E-state index in [2.05, 4.69) is 42.2 Å². The number of allylic oxidation sites excluding steroid dienone is 2. The van der Waals surface area contributed by atoms with Gasteiger partial charge in [0.25, 0.3) is 0 Å². The van der Waals surface area contributed by atoms with Gasteiger partial charge in [0.2, 0.25) is 0 Å². The van der Waals surface area contributed by atoms with Crippen molar-refractivity contribution in [2.24, 2.45) is 5.10 Å². The number of benzene rings is 1. The van der Waals surface area contributed by atoms with Crippen LogP contribution >= 0.6 is 0 Å². The number of hydrazone groups is 1.